The average Bonchev–Trinajstić information content (AvgIpc) is 2.30. The predicted molar refractivity (Wildman–Crippen MR) is 80.7 cm³/mol. The van der Waals surface area contributed by atoms with E-state index in [0.717, 1.165) is 28.7 Å². The molecule has 96 valence electrons. The number of ether oxygens (including phenoxy) is 1. The Morgan fingerprint density at radius 3 is 2.53 bits per heavy atom. The Morgan fingerprint density at radius 1 is 1.24 bits per heavy atom. The highest BCUT2D eigenvalue weighted by atomic mass is 79.9. The van der Waals surface area contributed by atoms with Crippen LogP contribution in [-0.2, 0) is 4.74 Å². The maximum atomic E-state index is 5.93. The lowest BCUT2D eigenvalue weighted by Gasteiger charge is -2.17. The van der Waals surface area contributed by atoms with Gasteiger partial charge < -0.3 is 4.74 Å². The highest BCUT2D eigenvalue weighted by Crippen LogP contribution is 2.27. The topological polar surface area (TPSA) is 9.23 Å². The Labute approximate surface area is 121 Å². The fourth-order valence-electron chi connectivity index (χ4n) is 1.67. The average molecular weight is 364 g/mol. The van der Waals surface area contributed by atoms with Gasteiger partial charge >= 0.3 is 0 Å². The van der Waals surface area contributed by atoms with Crippen LogP contribution in [0.4, 0.5) is 0 Å². The maximum Gasteiger partial charge on any atom is 0.0932 e. The summed E-state index contributed by atoms with van der Waals surface area (Å²) in [5.41, 5.74) is 1.22. The molecule has 17 heavy (non-hydrogen) atoms. The molecule has 3 heteroatoms. The maximum absolute atomic E-state index is 5.93. The van der Waals surface area contributed by atoms with Gasteiger partial charge in [-0.3, -0.25) is 0 Å². The van der Waals surface area contributed by atoms with Gasteiger partial charge in [-0.2, -0.15) is 0 Å². The van der Waals surface area contributed by atoms with E-state index in [1.807, 2.05) is 12.1 Å². The number of halogens is 2. The van der Waals surface area contributed by atoms with Crippen LogP contribution in [0.5, 0.6) is 0 Å². The largest absolute Gasteiger partial charge is 0.373 e. The molecular formula is C14H20Br2O. The number of hydrogen-bond donors (Lipinski definition) is 0. The molecule has 0 aliphatic carbocycles. The first-order valence-electron chi connectivity index (χ1n) is 6.07. The summed E-state index contributed by atoms with van der Waals surface area (Å²) in [5.74, 6) is 0.754. The zero-order valence-corrected chi connectivity index (χ0v) is 13.6. The third-order valence-electron chi connectivity index (χ3n) is 2.64. The Kier molecular flexibility index (Phi) is 7.40. The molecule has 0 heterocycles. The first-order valence-corrected chi connectivity index (χ1v) is 7.98. The summed E-state index contributed by atoms with van der Waals surface area (Å²) in [7, 11) is 0. The molecule has 1 aromatic carbocycles. The van der Waals surface area contributed by atoms with Crippen LogP contribution in [0.15, 0.2) is 28.7 Å². The Bertz CT molecular complexity index is 326. The zero-order chi connectivity index (χ0) is 12.7. The molecule has 0 N–H and O–H groups in total. The van der Waals surface area contributed by atoms with Gasteiger partial charge in [0.2, 0.25) is 0 Å². The van der Waals surface area contributed by atoms with Crippen LogP contribution in [0.1, 0.15) is 38.4 Å². The van der Waals surface area contributed by atoms with Crippen LogP contribution < -0.4 is 0 Å². The van der Waals surface area contributed by atoms with Crippen molar-refractivity contribution < 1.29 is 4.74 Å². The van der Waals surface area contributed by atoms with Crippen molar-refractivity contribution in [2.75, 3.05) is 11.9 Å². The van der Waals surface area contributed by atoms with Gasteiger partial charge in [0.05, 0.1) is 6.10 Å². The van der Waals surface area contributed by atoms with Crippen LogP contribution in [0.25, 0.3) is 0 Å². The van der Waals surface area contributed by atoms with Crippen LogP contribution >= 0.6 is 31.9 Å². The van der Waals surface area contributed by atoms with E-state index in [0.29, 0.717) is 0 Å². The van der Waals surface area contributed by atoms with Gasteiger partial charge in [0.1, 0.15) is 0 Å². The van der Waals surface area contributed by atoms with Crippen LogP contribution in [0, 0.1) is 5.92 Å². The third-order valence-corrected chi connectivity index (χ3v) is 3.95. The fraction of sp³-hybridized carbons (Fsp3) is 0.571. The lowest BCUT2D eigenvalue weighted by Crippen LogP contribution is -2.08. The SMILES string of the molecule is CC(C)CCCOC(CBr)c1ccccc1Br. The van der Waals surface area contributed by atoms with E-state index in [-0.39, 0.29) is 6.10 Å². The summed E-state index contributed by atoms with van der Waals surface area (Å²) in [6.45, 7) is 5.32. The molecular weight excluding hydrogens is 344 g/mol. The molecule has 1 atom stereocenters. The van der Waals surface area contributed by atoms with Crippen LogP contribution in [0.2, 0.25) is 0 Å². The van der Waals surface area contributed by atoms with Gasteiger partial charge in [-0.05, 0) is 30.4 Å². The summed E-state index contributed by atoms with van der Waals surface area (Å²) < 4.78 is 7.05. The van der Waals surface area contributed by atoms with Crippen molar-refractivity contribution in [2.24, 2.45) is 5.92 Å². The van der Waals surface area contributed by atoms with Crippen LogP contribution in [0.3, 0.4) is 0 Å². The van der Waals surface area contributed by atoms with E-state index >= 15 is 0 Å². The third kappa shape index (κ3) is 5.54. The van der Waals surface area contributed by atoms with Crippen molar-refractivity contribution in [3.8, 4) is 0 Å². The van der Waals surface area contributed by atoms with Crippen molar-refractivity contribution in [3.05, 3.63) is 34.3 Å². The molecule has 0 aliphatic rings. The second-order valence-corrected chi connectivity index (χ2v) is 6.07. The van der Waals surface area contributed by atoms with Gasteiger partial charge in [0, 0.05) is 16.4 Å². The Hall–Kier alpha value is 0.140. The molecule has 0 fully saturated rings. The van der Waals surface area contributed by atoms with Crippen molar-refractivity contribution in [2.45, 2.75) is 32.8 Å². The molecule has 0 saturated heterocycles. The molecule has 1 aromatic rings. The molecule has 0 saturated carbocycles. The van der Waals surface area contributed by atoms with E-state index in [2.05, 4.69) is 57.8 Å². The Morgan fingerprint density at radius 2 is 1.94 bits per heavy atom. The number of benzene rings is 1. The molecule has 1 nitrogen and oxygen atoms in total. The van der Waals surface area contributed by atoms with E-state index in [1.54, 1.807) is 0 Å². The molecule has 1 unspecified atom stereocenters. The normalized spacial score (nSPS) is 13.0. The summed E-state index contributed by atoms with van der Waals surface area (Å²) in [4.78, 5) is 0. The minimum absolute atomic E-state index is 0.137. The van der Waals surface area contributed by atoms with Gasteiger partial charge in [-0.1, -0.05) is 63.9 Å². The van der Waals surface area contributed by atoms with E-state index in [9.17, 15) is 0 Å². The Balaban J connectivity index is 2.46. The van der Waals surface area contributed by atoms with Crippen molar-refractivity contribution in [1.29, 1.82) is 0 Å². The second kappa shape index (κ2) is 8.28. The fourth-order valence-corrected chi connectivity index (χ4v) is 2.75. The standard InChI is InChI=1S/C14H20Br2O/c1-11(2)6-5-9-17-14(10-15)12-7-3-4-8-13(12)16/h3-4,7-8,11,14H,5-6,9-10H2,1-2H3. The first-order chi connectivity index (χ1) is 8.15. The number of alkyl halides is 1. The van der Waals surface area contributed by atoms with Crippen molar-refractivity contribution in [3.63, 3.8) is 0 Å². The summed E-state index contributed by atoms with van der Waals surface area (Å²) in [6, 6.07) is 8.24. The molecule has 0 bridgehead atoms. The van der Waals surface area contributed by atoms with E-state index < -0.39 is 0 Å². The second-order valence-electron chi connectivity index (χ2n) is 4.57. The smallest absolute Gasteiger partial charge is 0.0932 e. The van der Waals surface area contributed by atoms with Gasteiger partial charge in [-0.15, -0.1) is 0 Å². The van der Waals surface area contributed by atoms with Crippen molar-refractivity contribution >= 4 is 31.9 Å². The highest BCUT2D eigenvalue weighted by molar-refractivity contribution is 9.10. The van der Waals surface area contributed by atoms with E-state index in [1.165, 1.54) is 12.0 Å². The lowest BCUT2D eigenvalue weighted by molar-refractivity contribution is 0.0650. The summed E-state index contributed by atoms with van der Waals surface area (Å²) in [5, 5.41) is 0.831. The number of rotatable bonds is 7. The first kappa shape index (κ1) is 15.2. The minimum Gasteiger partial charge on any atom is -0.373 e. The lowest BCUT2D eigenvalue weighted by atomic mass is 10.1. The number of hydrogen-bond acceptors (Lipinski definition) is 1. The molecule has 0 amide bonds. The van der Waals surface area contributed by atoms with E-state index in [4.69, 9.17) is 4.74 Å². The highest BCUT2D eigenvalue weighted by Gasteiger charge is 2.13. The van der Waals surface area contributed by atoms with Crippen molar-refractivity contribution in [1.82, 2.24) is 0 Å². The van der Waals surface area contributed by atoms with Gasteiger partial charge in [0.15, 0.2) is 0 Å². The molecule has 0 aromatic heterocycles. The summed E-state index contributed by atoms with van der Waals surface area (Å²) >= 11 is 7.09. The zero-order valence-electron chi connectivity index (χ0n) is 10.5. The predicted octanol–water partition coefficient (Wildman–Crippen LogP) is 5.34. The van der Waals surface area contributed by atoms with Gasteiger partial charge in [-0.25, -0.2) is 0 Å². The quantitative estimate of drug-likeness (QED) is 0.469. The monoisotopic (exact) mass is 362 g/mol. The summed E-state index contributed by atoms with van der Waals surface area (Å²) in [6.07, 6.45) is 2.49. The molecule has 0 radical (unpaired) electrons. The van der Waals surface area contributed by atoms with Crippen LogP contribution in [-0.4, -0.2) is 11.9 Å². The van der Waals surface area contributed by atoms with Gasteiger partial charge in [0.25, 0.3) is 0 Å². The minimum atomic E-state index is 0.137. The molecule has 0 spiro atoms. The molecule has 0 aliphatic heterocycles. The molecule has 1 rings (SSSR count).